The number of ether oxygens (including phenoxy) is 1. The second kappa shape index (κ2) is 4.82. The summed E-state index contributed by atoms with van der Waals surface area (Å²) in [5.41, 5.74) is 0. The molecule has 0 aromatic heterocycles. The molecule has 0 aromatic carbocycles. The van der Waals surface area contributed by atoms with Gasteiger partial charge in [0.15, 0.2) is 0 Å². The van der Waals surface area contributed by atoms with Gasteiger partial charge in [-0.05, 0) is 32.1 Å². The van der Waals surface area contributed by atoms with E-state index in [2.05, 4.69) is 23.0 Å². The van der Waals surface area contributed by atoms with E-state index in [-0.39, 0.29) is 0 Å². The molecule has 0 unspecified atom stereocenters. The maximum Gasteiger partial charge on any atom is 0.384 e. The molecule has 12 heavy (non-hydrogen) atoms. The molecule has 1 fully saturated rings. The van der Waals surface area contributed by atoms with Crippen LogP contribution >= 0.6 is 0 Å². The molecule has 2 heteroatoms. The van der Waals surface area contributed by atoms with Crippen molar-refractivity contribution in [1.82, 2.24) is 0 Å². The third kappa shape index (κ3) is 2.96. The molecule has 0 saturated heterocycles. The predicted molar refractivity (Wildman–Crippen MR) is 46.1 cm³/mol. The van der Waals surface area contributed by atoms with Gasteiger partial charge in [-0.15, -0.1) is 0 Å². The maximum absolute atomic E-state index is 10.7. The lowest BCUT2D eigenvalue weighted by Crippen LogP contribution is -2.05. The lowest BCUT2D eigenvalue weighted by Gasteiger charge is -2.14. The molecule has 0 spiro atoms. The number of rotatable bonds is 0. The van der Waals surface area contributed by atoms with Crippen molar-refractivity contribution < 1.29 is 9.53 Å². The van der Waals surface area contributed by atoms with Crippen LogP contribution in [0.3, 0.4) is 0 Å². The highest BCUT2D eigenvalue weighted by molar-refractivity contribution is 5.88. The van der Waals surface area contributed by atoms with Gasteiger partial charge in [-0.3, -0.25) is 0 Å². The fourth-order valence-corrected chi connectivity index (χ4v) is 1.28. The average Bonchev–Trinajstić information content (AvgIpc) is 2.16. The van der Waals surface area contributed by atoms with E-state index < -0.39 is 5.97 Å². The smallest absolute Gasteiger partial charge is 0.384 e. The van der Waals surface area contributed by atoms with Crippen LogP contribution in [0.25, 0.3) is 0 Å². The Morgan fingerprint density at radius 3 is 2.75 bits per heavy atom. The third-order valence-corrected chi connectivity index (χ3v) is 2.00. The van der Waals surface area contributed by atoms with Crippen molar-refractivity contribution in [3.8, 4) is 11.8 Å². The predicted octanol–water partition coefficient (Wildman–Crippen LogP) is 1.56. The summed E-state index contributed by atoms with van der Waals surface area (Å²) in [4.78, 5) is 10.7. The van der Waals surface area contributed by atoms with E-state index in [1.165, 1.54) is 7.11 Å². The highest BCUT2D eigenvalue weighted by Crippen LogP contribution is 2.21. The lowest BCUT2D eigenvalue weighted by atomic mass is 9.90. The minimum absolute atomic E-state index is 0.397. The quantitative estimate of drug-likeness (QED) is 0.309. The number of carbonyl (C=O) groups is 1. The van der Waals surface area contributed by atoms with Crippen LogP contribution in [-0.4, -0.2) is 13.1 Å². The maximum atomic E-state index is 10.7. The Morgan fingerprint density at radius 1 is 1.50 bits per heavy atom. The molecule has 1 rings (SSSR count). The molecule has 0 N–H and O–H groups in total. The number of hydrogen-bond donors (Lipinski definition) is 0. The second-order valence-corrected chi connectivity index (χ2v) is 2.90. The lowest BCUT2D eigenvalue weighted by molar-refractivity contribution is -0.133. The van der Waals surface area contributed by atoms with Crippen molar-refractivity contribution in [1.29, 1.82) is 0 Å². The van der Waals surface area contributed by atoms with Crippen molar-refractivity contribution in [2.75, 3.05) is 7.11 Å². The van der Waals surface area contributed by atoms with Crippen LogP contribution in [0.4, 0.5) is 0 Å². The van der Waals surface area contributed by atoms with Crippen LogP contribution in [0.2, 0.25) is 0 Å². The first-order valence-corrected chi connectivity index (χ1v) is 4.24. The zero-order valence-electron chi connectivity index (χ0n) is 7.30. The van der Waals surface area contributed by atoms with E-state index in [1.54, 1.807) is 0 Å². The first-order chi connectivity index (χ1) is 5.83. The van der Waals surface area contributed by atoms with Crippen molar-refractivity contribution in [2.45, 2.75) is 25.7 Å². The van der Waals surface area contributed by atoms with Crippen molar-refractivity contribution in [3.63, 3.8) is 0 Å². The summed E-state index contributed by atoms with van der Waals surface area (Å²) < 4.78 is 4.42. The van der Waals surface area contributed by atoms with Gasteiger partial charge in [-0.25, -0.2) is 4.79 Å². The monoisotopic (exact) mass is 165 g/mol. The fourth-order valence-electron chi connectivity index (χ4n) is 1.28. The van der Waals surface area contributed by atoms with Crippen LogP contribution in [0.15, 0.2) is 0 Å². The summed E-state index contributed by atoms with van der Waals surface area (Å²) in [6, 6.07) is 0. The van der Waals surface area contributed by atoms with Crippen LogP contribution in [0.1, 0.15) is 25.7 Å². The molecule has 65 valence electrons. The highest BCUT2D eigenvalue weighted by Gasteiger charge is 2.10. The van der Waals surface area contributed by atoms with Crippen LogP contribution in [0, 0.1) is 24.2 Å². The number of methoxy groups -OCH3 is 1. The first-order valence-electron chi connectivity index (χ1n) is 4.24. The third-order valence-electron chi connectivity index (χ3n) is 2.00. The molecule has 1 saturated carbocycles. The molecule has 0 amide bonds. The van der Waals surface area contributed by atoms with Gasteiger partial charge in [-0.2, -0.15) is 0 Å². The molecule has 1 aliphatic carbocycles. The number of hydrogen-bond acceptors (Lipinski definition) is 2. The van der Waals surface area contributed by atoms with E-state index in [0.29, 0.717) is 5.92 Å². The Hall–Kier alpha value is -0.970. The minimum Gasteiger partial charge on any atom is -0.459 e. The van der Waals surface area contributed by atoms with Gasteiger partial charge in [0.1, 0.15) is 0 Å². The van der Waals surface area contributed by atoms with Crippen LogP contribution < -0.4 is 0 Å². The molecule has 0 aromatic rings. The second-order valence-electron chi connectivity index (χ2n) is 2.90. The van der Waals surface area contributed by atoms with E-state index in [4.69, 9.17) is 0 Å². The Bertz CT molecular complexity index is 204. The Balaban J connectivity index is 2.35. The van der Waals surface area contributed by atoms with Gasteiger partial charge in [0, 0.05) is 11.8 Å². The Morgan fingerprint density at radius 2 is 2.17 bits per heavy atom. The first kappa shape index (κ1) is 9.12. The zero-order chi connectivity index (χ0) is 8.81. The average molecular weight is 165 g/mol. The molecule has 0 aliphatic heterocycles. The molecular weight excluding hydrogens is 152 g/mol. The molecule has 0 heterocycles. The fraction of sp³-hybridized carbons (Fsp3) is 0.600. The SMILES string of the molecule is COC(=O)C#CC1CC[CH]CC1. The van der Waals surface area contributed by atoms with E-state index >= 15 is 0 Å². The van der Waals surface area contributed by atoms with Gasteiger partial charge < -0.3 is 4.74 Å². The van der Waals surface area contributed by atoms with E-state index in [1.807, 2.05) is 0 Å². The van der Waals surface area contributed by atoms with Gasteiger partial charge >= 0.3 is 5.97 Å². The van der Waals surface area contributed by atoms with E-state index in [9.17, 15) is 4.79 Å². The number of carbonyl (C=O) groups excluding carboxylic acids is 1. The van der Waals surface area contributed by atoms with Gasteiger partial charge in [-0.1, -0.05) is 5.92 Å². The van der Waals surface area contributed by atoms with Crippen LogP contribution in [0.5, 0.6) is 0 Å². The Labute approximate surface area is 73.3 Å². The summed E-state index contributed by atoms with van der Waals surface area (Å²) >= 11 is 0. The highest BCUT2D eigenvalue weighted by atomic mass is 16.5. The molecule has 0 atom stereocenters. The van der Waals surface area contributed by atoms with Crippen molar-refractivity contribution >= 4 is 5.97 Å². The topological polar surface area (TPSA) is 26.3 Å². The summed E-state index contributed by atoms with van der Waals surface area (Å²) in [7, 11) is 1.35. The molecule has 2 nitrogen and oxygen atoms in total. The van der Waals surface area contributed by atoms with Gasteiger partial charge in [0.05, 0.1) is 7.11 Å². The van der Waals surface area contributed by atoms with E-state index in [0.717, 1.165) is 25.7 Å². The van der Waals surface area contributed by atoms with Crippen molar-refractivity contribution in [3.05, 3.63) is 6.42 Å². The number of esters is 1. The summed E-state index contributed by atoms with van der Waals surface area (Å²) in [6.45, 7) is 0. The summed E-state index contributed by atoms with van der Waals surface area (Å²) in [5.74, 6) is 5.38. The zero-order valence-corrected chi connectivity index (χ0v) is 7.30. The molecular formula is C10H13O2. The molecule has 1 aliphatic rings. The standard InChI is InChI=1S/C10H13O2/c1-12-10(11)8-7-9-5-3-2-4-6-9/h2,9H,3-6H2,1H3. The summed E-state index contributed by atoms with van der Waals surface area (Å²) in [6.07, 6.45) is 6.70. The van der Waals surface area contributed by atoms with Gasteiger partial charge in [0.25, 0.3) is 0 Å². The summed E-state index contributed by atoms with van der Waals surface area (Å²) in [5, 5.41) is 0. The van der Waals surface area contributed by atoms with Gasteiger partial charge in [0.2, 0.25) is 0 Å². The largest absolute Gasteiger partial charge is 0.459 e. The minimum atomic E-state index is -0.426. The molecule has 0 bridgehead atoms. The molecule has 1 radical (unpaired) electrons. The normalized spacial score (nSPS) is 17.8. The van der Waals surface area contributed by atoms with Crippen molar-refractivity contribution in [2.24, 2.45) is 5.92 Å². The Kier molecular flexibility index (Phi) is 3.66. The van der Waals surface area contributed by atoms with Crippen LogP contribution in [-0.2, 0) is 9.53 Å².